The first-order valence-electron chi connectivity index (χ1n) is 11.1. The van der Waals surface area contributed by atoms with Crippen molar-refractivity contribution in [2.24, 2.45) is 5.41 Å². The summed E-state index contributed by atoms with van der Waals surface area (Å²) in [6.45, 7) is 12.8. The zero-order valence-electron chi connectivity index (χ0n) is 19.4. The highest BCUT2D eigenvalue weighted by Crippen LogP contribution is 2.40. The number of ether oxygens (including phenoxy) is 1. The number of thiocarbonyl (C=S) groups is 1. The average Bonchev–Trinajstić information content (AvgIpc) is 3.03. The van der Waals surface area contributed by atoms with Gasteiger partial charge >= 0.3 is 5.97 Å². The number of hydrogen-bond donors (Lipinski definition) is 1. The number of nitrogens with zero attached hydrogens (tertiary/aromatic N) is 2. The summed E-state index contributed by atoms with van der Waals surface area (Å²) in [7, 11) is 0. The van der Waals surface area contributed by atoms with Crippen LogP contribution in [-0.2, 0) is 14.3 Å². The van der Waals surface area contributed by atoms with E-state index in [4.69, 9.17) is 17.0 Å². The van der Waals surface area contributed by atoms with Crippen LogP contribution in [0, 0.1) is 19.3 Å². The molecule has 2 aliphatic rings. The van der Waals surface area contributed by atoms with E-state index in [-0.39, 0.29) is 17.7 Å². The fourth-order valence-electron chi connectivity index (χ4n) is 4.60. The number of hydrogen-bond acceptors (Lipinski definition) is 4. The van der Waals surface area contributed by atoms with Crippen LogP contribution in [0.3, 0.4) is 0 Å². The van der Waals surface area contributed by atoms with Crippen molar-refractivity contribution < 1.29 is 14.3 Å². The summed E-state index contributed by atoms with van der Waals surface area (Å²) in [6, 6.07) is 6.36. The average molecular weight is 446 g/mol. The molecule has 2 saturated heterocycles. The highest BCUT2D eigenvalue weighted by atomic mass is 32.1. The molecule has 31 heavy (non-hydrogen) atoms. The van der Waals surface area contributed by atoms with Gasteiger partial charge in [0, 0.05) is 31.9 Å². The van der Waals surface area contributed by atoms with Gasteiger partial charge in [0.2, 0.25) is 5.91 Å². The Hall–Kier alpha value is -2.15. The van der Waals surface area contributed by atoms with E-state index < -0.39 is 11.6 Å². The second-order valence-electron chi connectivity index (χ2n) is 10.1. The molecular weight excluding hydrogens is 410 g/mol. The summed E-state index contributed by atoms with van der Waals surface area (Å²) in [5.74, 6) is -0.573. The number of likely N-dealkylation sites (tertiary alicyclic amines) is 2. The number of rotatable bonds is 3. The first kappa shape index (κ1) is 23.5. The van der Waals surface area contributed by atoms with Gasteiger partial charge in [0.25, 0.3) is 0 Å². The number of esters is 1. The van der Waals surface area contributed by atoms with E-state index in [0.717, 1.165) is 49.7 Å². The molecular formula is C24H35N3O3S. The first-order chi connectivity index (χ1) is 14.4. The fourth-order valence-corrected chi connectivity index (χ4v) is 4.90. The maximum atomic E-state index is 12.6. The first-order valence-corrected chi connectivity index (χ1v) is 11.5. The maximum Gasteiger partial charge on any atom is 0.315 e. The molecule has 1 amide bonds. The number of aryl methyl sites for hydroxylation is 2. The lowest BCUT2D eigenvalue weighted by atomic mass is 9.78. The van der Waals surface area contributed by atoms with E-state index in [1.165, 1.54) is 11.1 Å². The summed E-state index contributed by atoms with van der Waals surface area (Å²) in [5.41, 5.74) is 3.02. The predicted molar refractivity (Wildman–Crippen MR) is 127 cm³/mol. The van der Waals surface area contributed by atoms with Gasteiger partial charge in [-0.3, -0.25) is 9.59 Å². The van der Waals surface area contributed by atoms with Gasteiger partial charge in [0.1, 0.15) is 12.0 Å². The van der Waals surface area contributed by atoms with Crippen molar-refractivity contribution in [3.05, 3.63) is 29.3 Å². The van der Waals surface area contributed by atoms with Gasteiger partial charge in [-0.15, -0.1) is 0 Å². The van der Waals surface area contributed by atoms with Gasteiger partial charge in [-0.25, -0.2) is 0 Å². The van der Waals surface area contributed by atoms with E-state index in [9.17, 15) is 9.59 Å². The standard InChI is InChI=1S/C24H35N3O3S/c1-17-12-18(2)14-19(13-17)25-22(31)26-9-6-24(7-10-26)8-11-27(16-24)20(28)15-21(29)30-23(3,4)5/h12-14H,6-11,15-16H2,1-5H3,(H,25,31). The van der Waals surface area contributed by atoms with Crippen LogP contribution in [-0.4, -0.2) is 58.6 Å². The van der Waals surface area contributed by atoms with Gasteiger partial charge in [0.15, 0.2) is 5.11 Å². The molecule has 6 nitrogen and oxygen atoms in total. The molecule has 2 fully saturated rings. The third kappa shape index (κ3) is 6.42. The Morgan fingerprint density at radius 3 is 2.13 bits per heavy atom. The summed E-state index contributed by atoms with van der Waals surface area (Å²) < 4.78 is 5.29. The van der Waals surface area contributed by atoms with Gasteiger partial charge < -0.3 is 19.9 Å². The minimum atomic E-state index is -0.569. The normalized spacial score (nSPS) is 18.2. The van der Waals surface area contributed by atoms with Gasteiger partial charge in [-0.2, -0.15) is 0 Å². The minimum absolute atomic E-state index is 0.124. The lowest BCUT2D eigenvalue weighted by molar-refractivity contribution is -0.158. The molecule has 170 valence electrons. The topological polar surface area (TPSA) is 61.9 Å². The fraction of sp³-hybridized carbons (Fsp3) is 0.625. The molecule has 0 aliphatic carbocycles. The van der Waals surface area contributed by atoms with Crippen LogP contribution in [0.1, 0.15) is 57.6 Å². The molecule has 0 saturated carbocycles. The second kappa shape index (κ2) is 9.15. The van der Waals surface area contributed by atoms with Gasteiger partial charge in [0.05, 0.1) is 0 Å². The van der Waals surface area contributed by atoms with E-state index in [2.05, 4.69) is 42.3 Å². The van der Waals surface area contributed by atoms with E-state index in [1.54, 1.807) is 0 Å². The van der Waals surface area contributed by atoms with Gasteiger partial charge in [-0.05, 0) is 94.8 Å². The Labute approximate surface area is 191 Å². The largest absolute Gasteiger partial charge is 0.460 e. The Bertz CT molecular complexity index is 834. The highest BCUT2D eigenvalue weighted by molar-refractivity contribution is 7.80. The monoisotopic (exact) mass is 445 g/mol. The molecule has 7 heteroatoms. The second-order valence-corrected chi connectivity index (χ2v) is 10.5. The minimum Gasteiger partial charge on any atom is -0.460 e. The molecule has 1 aromatic carbocycles. The molecule has 0 bridgehead atoms. The third-order valence-corrected chi connectivity index (χ3v) is 6.45. The lowest BCUT2D eigenvalue weighted by Gasteiger charge is -2.40. The zero-order valence-corrected chi connectivity index (χ0v) is 20.2. The van der Waals surface area contributed by atoms with E-state index >= 15 is 0 Å². The van der Waals surface area contributed by atoms with Crippen molar-refractivity contribution >= 4 is 34.9 Å². The Kier molecular flexibility index (Phi) is 6.94. The predicted octanol–water partition coefficient (Wildman–Crippen LogP) is 4.05. The molecule has 0 unspecified atom stereocenters. The number of nitrogens with one attached hydrogen (secondary N) is 1. The Balaban J connectivity index is 1.49. The molecule has 3 rings (SSSR count). The summed E-state index contributed by atoms with van der Waals surface area (Å²) in [4.78, 5) is 28.7. The van der Waals surface area contributed by atoms with Crippen molar-refractivity contribution in [3.63, 3.8) is 0 Å². The zero-order chi connectivity index (χ0) is 22.8. The number of carbonyl (C=O) groups is 2. The van der Waals surface area contributed by atoms with Crippen molar-refractivity contribution in [1.29, 1.82) is 0 Å². The molecule has 0 aromatic heterocycles. The number of amides is 1. The summed E-state index contributed by atoms with van der Waals surface area (Å²) in [5, 5.41) is 4.14. The van der Waals surface area contributed by atoms with Crippen LogP contribution < -0.4 is 5.32 Å². The molecule has 0 atom stereocenters. The number of benzene rings is 1. The molecule has 1 N–H and O–H groups in total. The molecule has 1 aromatic rings. The van der Waals surface area contributed by atoms with Crippen molar-refractivity contribution in [2.75, 3.05) is 31.5 Å². The van der Waals surface area contributed by atoms with Crippen molar-refractivity contribution in [2.45, 2.75) is 65.9 Å². The summed E-state index contributed by atoms with van der Waals surface area (Å²) >= 11 is 5.66. The number of anilines is 1. The molecule has 1 spiro atoms. The Morgan fingerprint density at radius 1 is 1.03 bits per heavy atom. The van der Waals surface area contributed by atoms with Crippen LogP contribution >= 0.6 is 12.2 Å². The lowest BCUT2D eigenvalue weighted by Crippen LogP contribution is -2.46. The van der Waals surface area contributed by atoms with Crippen LogP contribution in [0.5, 0.6) is 0 Å². The van der Waals surface area contributed by atoms with E-state index in [0.29, 0.717) is 6.54 Å². The quantitative estimate of drug-likeness (QED) is 0.430. The molecule has 2 heterocycles. The van der Waals surface area contributed by atoms with Crippen LogP contribution in [0.15, 0.2) is 18.2 Å². The highest BCUT2D eigenvalue weighted by Gasteiger charge is 2.42. The van der Waals surface area contributed by atoms with Crippen LogP contribution in [0.4, 0.5) is 5.69 Å². The molecule has 2 aliphatic heterocycles. The van der Waals surface area contributed by atoms with Crippen LogP contribution in [0.25, 0.3) is 0 Å². The third-order valence-electron chi connectivity index (χ3n) is 6.09. The van der Waals surface area contributed by atoms with Crippen molar-refractivity contribution in [3.8, 4) is 0 Å². The Morgan fingerprint density at radius 2 is 1.58 bits per heavy atom. The van der Waals surface area contributed by atoms with Crippen LogP contribution in [0.2, 0.25) is 0 Å². The number of piperidine rings is 1. The summed E-state index contributed by atoms with van der Waals surface area (Å²) in [6.07, 6.45) is 2.80. The number of carbonyl (C=O) groups excluding carboxylic acids is 2. The molecule has 0 radical (unpaired) electrons. The maximum absolute atomic E-state index is 12.6. The van der Waals surface area contributed by atoms with E-state index in [1.807, 2.05) is 25.7 Å². The van der Waals surface area contributed by atoms with Crippen molar-refractivity contribution in [1.82, 2.24) is 9.80 Å². The smallest absolute Gasteiger partial charge is 0.315 e. The SMILES string of the molecule is Cc1cc(C)cc(NC(=S)N2CCC3(CCN(C(=O)CC(=O)OC(C)(C)C)C3)CC2)c1. The van der Waals surface area contributed by atoms with Gasteiger partial charge in [-0.1, -0.05) is 6.07 Å².